The Kier molecular flexibility index (Phi) is 6.31. The number of ether oxygens (including phenoxy) is 4. The number of cyclic esters (lactones) is 1. The lowest BCUT2D eigenvalue weighted by atomic mass is 9.67. The quantitative estimate of drug-likeness (QED) is 0.334. The van der Waals surface area contributed by atoms with E-state index < -0.39 is 51.4 Å². The van der Waals surface area contributed by atoms with Crippen molar-refractivity contribution in [3.8, 4) is 0 Å². The summed E-state index contributed by atoms with van der Waals surface area (Å²) >= 11 is 13.5. The van der Waals surface area contributed by atoms with Crippen LogP contribution >= 0.6 is 23.2 Å². The molecule has 0 aromatic heterocycles. The smallest absolute Gasteiger partial charge is 0.418 e. The largest absolute Gasteiger partial charge is 0.462 e. The first-order valence-electron chi connectivity index (χ1n) is 11.9. The Morgan fingerprint density at radius 1 is 1.14 bits per heavy atom. The molecule has 4 bridgehead atoms. The Balaban J connectivity index is 1.46. The molecule has 5 rings (SSSR count). The second-order valence-corrected chi connectivity index (χ2v) is 11.5. The molecule has 2 aliphatic carbocycles. The van der Waals surface area contributed by atoms with Gasteiger partial charge in [0.15, 0.2) is 11.6 Å². The predicted octanol–water partition coefficient (Wildman–Crippen LogP) is 3.86. The van der Waals surface area contributed by atoms with E-state index in [2.05, 4.69) is 0 Å². The molecule has 35 heavy (non-hydrogen) atoms. The third-order valence-electron chi connectivity index (χ3n) is 8.48. The summed E-state index contributed by atoms with van der Waals surface area (Å²) in [4.78, 5) is 39.2. The van der Waals surface area contributed by atoms with E-state index in [-0.39, 0.29) is 32.3 Å². The van der Waals surface area contributed by atoms with Crippen molar-refractivity contribution < 1.29 is 33.3 Å². The summed E-state index contributed by atoms with van der Waals surface area (Å²) < 4.78 is 22.8. The zero-order valence-electron chi connectivity index (χ0n) is 19.7. The van der Waals surface area contributed by atoms with Crippen molar-refractivity contribution in [2.45, 2.75) is 62.3 Å². The SMILES string of the molecule is CC1(C)[C@H]2CC[C@@]13C(=O)N1C(=O)O[C@@H]([C@H]1Cl)C(Cl)(COCc1ccccc1)C(=O)OCCO[C@@H]3C2. The van der Waals surface area contributed by atoms with Crippen molar-refractivity contribution in [1.82, 2.24) is 4.90 Å². The molecular weight excluding hydrogens is 497 g/mol. The number of alkyl halides is 2. The summed E-state index contributed by atoms with van der Waals surface area (Å²) in [6, 6.07) is 9.34. The van der Waals surface area contributed by atoms with Gasteiger partial charge in [0, 0.05) is 0 Å². The molecule has 2 amide bonds. The number of esters is 1. The molecule has 4 aliphatic rings. The monoisotopic (exact) mass is 525 g/mol. The van der Waals surface area contributed by atoms with E-state index in [1.54, 1.807) is 0 Å². The first-order valence-corrected chi connectivity index (χ1v) is 12.7. The lowest BCUT2D eigenvalue weighted by molar-refractivity contribution is -0.164. The van der Waals surface area contributed by atoms with Crippen LogP contribution in [0.3, 0.4) is 0 Å². The van der Waals surface area contributed by atoms with E-state index >= 15 is 0 Å². The molecular formula is C25H29Cl2NO7. The van der Waals surface area contributed by atoms with Crippen LogP contribution in [0.2, 0.25) is 0 Å². The molecule has 0 N–H and O–H groups in total. The van der Waals surface area contributed by atoms with Gasteiger partial charge in [0.1, 0.15) is 6.61 Å². The minimum atomic E-state index is -1.95. The number of fused-ring (bicyclic) bond motifs is 3. The normalized spacial score (nSPS) is 38.4. The Bertz CT molecular complexity index is 1020. The van der Waals surface area contributed by atoms with Crippen LogP contribution < -0.4 is 0 Å². The highest BCUT2D eigenvalue weighted by atomic mass is 35.5. The number of nitrogens with zero attached hydrogens (tertiary/aromatic N) is 1. The van der Waals surface area contributed by atoms with E-state index in [0.29, 0.717) is 12.8 Å². The second kappa shape index (κ2) is 8.91. The van der Waals surface area contributed by atoms with Crippen LogP contribution in [0.15, 0.2) is 30.3 Å². The molecule has 0 radical (unpaired) electrons. The van der Waals surface area contributed by atoms with E-state index in [1.807, 2.05) is 44.2 Å². The van der Waals surface area contributed by atoms with Gasteiger partial charge in [0.25, 0.3) is 0 Å². The number of carbonyl (C=O) groups is 3. The molecule has 2 heterocycles. The third kappa shape index (κ3) is 3.67. The lowest BCUT2D eigenvalue weighted by Crippen LogP contribution is -2.58. The van der Waals surface area contributed by atoms with E-state index in [0.717, 1.165) is 16.9 Å². The molecule has 2 saturated heterocycles. The highest BCUT2D eigenvalue weighted by Gasteiger charge is 2.72. The maximum atomic E-state index is 14.1. The molecule has 1 aromatic carbocycles. The number of imide groups is 1. The average molecular weight is 526 g/mol. The Hall–Kier alpha value is -1.87. The molecule has 1 spiro atoms. The van der Waals surface area contributed by atoms with Crippen LogP contribution in [0, 0.1) is 16.7 Å². The molecule has 2 saturated carbocycles. The molecule has 6 atom stereocenters. The fourth-order valence-electron chi connectivity index (χ4n) is 6.40. The first-order chi connectivity index (χ1) is 16.6. The summed E-state index contributed by atoms with van der Waals surface area (Å²) in [6.07, 6.45) is -0.564. The van der Waals surface area contributed by atoms with Crippen LogP contribution in [0.4, 0.5) is 4.79 Å². The molecule has 2 aliphatic heterocycles. The van der Waals surface area contributed by atoms with Crippen molar-refractivity contribution in [2.75, 3.05) is 19.8 Å². The van der Waals surface area contributed by atoms with Crippen molar-refractivity contribution >= 4 is 41.2 Å². The fraction of sp³-hybridized carbons (Fsp3) is 0.640. The highest BCUT2D eigenvalue weighted by molar-refractivity contribution is 6.36. The summed E-state index contributed by atoms with van der Waals surface area (Å²) in [5.74, 6) is -1.01. The molecule has 10 heteroatoms. The van der Waals surface area contributed by atoms with Crippen LogP contribution in [0.5, 0.6) is 0 Å². The van der Waals surface area contributed by atoms with Gasteiger partial charge in [-0.15, -0.1) is 0 Å². The number of hydrogen-bond donors (Lipinski definition) is 0. The van der Waals surface area contributed by atoms with Crippen LogP contribution in [-0.2, 0) is 35.1 Å². The van der Waals surface area contributed by atoms with Gasteiger partial charge in [-0.1, -0.05) is 67.4 Å². The molecule has 1 unspecified atom stereocenters. The van der Waals surface area contributed by atoms with Crippen molar-refractivity contribution in [3.63, 3.8) is 0 Å². The topological polar surface area (TPSA) is 91.4 Å². The number of halogens is 2. The minimum Gasteiger partial charge on any atom is -0.462 e. The number of amides is 2. The second-order valence-electron chi connectivity index (χ2n) is 10.4. The van der Waals surface area contributed by atoms with Crippen LogP contribution in [0.25, 0.3) is 0 Å². The van der Waals surface area contributed by atoms with E-state index in [4.69, 9.17) is 42.1 Å². The third-order valence-corrected chi connectivity index (χ3v) is 9.38. The summed E-state index contributed by atoms with van der Waals surface area (Å²) in [7, 11) is 0. The summed E-state index contributed by atoms with van der Waals surface area (Å²) in [5, 5.41) is 0. The molecule has 190 valence electrons. The standard InChI is InChI=1S/C25H29Cl2NO7/c1-23(2)16-8-9-24(23)17(12-16)33-10-11-34-21(30)25(27,14-32-13-15-6-4-3-5-7-15)18-19(26)28(20(24)29)22(31)35-18/h3-7,16-19H,8-14H2,1-2H3/t16-,17+,18-,19-,24+,25?/m0/s1. The average Bonchev–Trinajstić information content (AvgIpc) is 3.36. The maximum Gasteiger partial charge on any atom is 0.418 e. The highest BCUT2D eigenvalue weighted by Crippen LogP contribution is 2.67. The van der Waals surface area contributed by atoms with Crippen molar-refractivity contribution in [3.05, 3.63) is 35.9 Å². The molecule has 1 aromatic rings. The molecule has 4 fully saturated rings. The number of carbonyl (C=O) groups excluding carboxylic acids is 3. The van der Waals surface area contributed by atoms with Gasteiger partial charge in [-0.05, 0) is 36.2 Å². The van der Waals surface area contributed by atoms with E-state index in [9.17, 15) is 14.4 Å². The summed E-state index contributed by atoms with van der Waals surface area (Å²) in [6.45, 7) is 3.97. The van der Waals surface area contributed by atoms with Crippen LogP contribution in [0.1, 0.15) is 38.7 Å². The van der Waals surface area contributed by atoms with Crippen molar-refractivity contribution in [1.29, 1.82) is 0 Å². The van der Waals surface area contributed by atoms with Gasteiger partial charge >= 0.3 is 12.1 Å². The minimum absolute atomic E-state index is 0.0603. The first kappa shape index (κ1) is 24.8. The Labute approximate surface area is 214 Å². The van der Waals surface area contributed by atoms with Crippen molar-refractivity contribution in [2.24, 2.45) is 16.7 Å². The zero-order chi connectivity index (χ0) is 25.0. The van der Waals surface area contributed by atoms with Gasteiger partial charge in [-0.25, -0.2) is 14.5 Å². The summed E-state index contributed by atoms with van der Waals surface area (Å²) in [5.41, 5.74) is -1.78. The zero-order valence-corrected chi connectivity index (χ0v) is 21.2. The number of rotatable bonds is 4. The molecule has 8 nitrogen and oxygen atoms in total. The van der Waals surface area contributed by atoms with Gasteiger partial charge in [-0.3, -0.25) is 4.79 Å². The predicted molar refractivity (Wildman–Crippen MR) is 126 cm³/mol. The fourth-order valence-corrected chi connectivity index (χ4v) is 7.20. The van der Waals surface area contributed by atoms with Gasteiger partial charge in [0.2, 0.25) is 10.8 Å². The maximum absolute atomic E-state index is 14.1. The van der Waals surface area contributed by atoms with Gasteiger partial charge in [-0.2, -0.15) is 0 Å². The van der Waals surface area contributed by atoms with E-state index in [1.165, 1.54) is 0 Å². The van der Waals surface area contributed by atoms with Gasteiger partial charge in [0.05, 0.1) is 31.3 Å². The van der Waals surface area contributed by atoms with Gasteiger partial charge < -0.3 is 18.9 Å². The number of hydrogen-bond acceptors (Lipinski definition) is 7. The van der Waals surface area contributed by atoms with Crippen LogP contribution in [-0.4, -0.2) is 65.3 Å². The Morgan fingerprint density at radius 2 is 1.89 bits per heavy atom. The lowest BCUT2D eigenvalue weighted by Gasteiger charge is -2.42. The number of benzene rings is 1. The Morgan fingerprint density at radius 3 is 2.60 bits per heavy atom.